The van der Waals surface area contributed by atoms with Crippen molar-refractivity contribution in [3.8, 4) is 0 Å². The topological polar surface area (TPSA) is 93.7 Å². The Balaban J connectivity index is 1.39. The molecule has 3 aliphatic heterocycles. The van der Waals surface area contributed by atoms with Gasteiger partial charge in [-0.2, -0.15) is 0 Å². The van der Waals surface area contributed by atoms with Crippen LogP contribution in [0.4, 0.5) is 17.3 Å². The summed E-state index contributed by atoms with van der Waals surface area (Å²) in [6.45, 7) is 9.21. The van der Waals surface area contributed by atoms with Crippen LogP contribution in [0.3, 0.4) is 0 Å². The zero-order chi connectivity index (χ0) is 25.4. The molecule has 0 spiro atoms. The van der Waals surface area contributed by atoms with E-state index in [1.807, 2.05) is 36.1 Å². The molecule has 0 radical (unpaired) electrons. The van der Waals surface area contributed by atoms with Gasteiger partial charge in [-0.3, -0.25) is 9.59 Å². The summed E-state index contributed by atoms with van der Waals surface area (Å²) < 4.78 is 0. The molecule has 5 rings (SSSR count). The minimum absolute atomic E-state index is 0.0623. The molecule has 3 atom stereocenters. The molecule has 4 heterocycles. The lowest BCUT2D eigenvalue weighted by Crippen LogP contribution is -2.58. The van der Waals surface area contributed by atoms with E-state index >= 15 is 0 Å². The average Bonchev–Trinajstić information content (AvgIpc) is 3.12. The van der Waals surface area contributed by atoms with Crippen molar-refractivity contribution in [2.24, 2.45) is 0 Å². The van der Waals surface area contributed by atoms with Crippen molar-refractivity contribution in [2.75, 3.05) is 47.8 Å². The number of halogens is 1. The number of fused-ring (bicyclic) bond motifs is 3. The lowest BCUT2D eigenvalue weighted by atomic mass is 9.95. The average molecular weight is 512 g/mol. The number of anilines is 3. The van der Waals surface area contributed by atoms with Crippen LogP contribution in [-0.4, -0.2) is 77.5 Å². The molecular formula is C26H34ClN7O2. The summed E-state index contributed by atoms with van der Waals surface area (Å²) in [5, 5.41) is 7.02. The van der Waals surface area contributed by atoms with E-state index in [9.17, 15) is 9.59 Å². The Kier molecular flexibility index (Phi) is 7.03. The number of nitrogens with one attached hydrogen (secondary N) is 2. The summed E-state index contributed by atoms with van der Waals surface area (Å²) in [7, 11) is 0. The van der Waals surface area contributed by atoms with Crippen molar-refractivity contribution in [3.05, 3.63) is 41.2 Å². The van der Waals surface area contributed by atoms with E-state index < -0.39 is 0 Å². The van der Waals surface area contributed by atoms with E-state index in [0.717, 1.165) is 29.9 Å². The number of likely N-dealkylation sites (N-methyl/N-ethyl adjacent to an activating group) is 1. The van der Waals surface area contributed by atoms with Crippen LogP contribution in [0.15, 0.2) is 30.6 Å². The number of carbonyl (C=O) groups is 2. The van der Waals surface area contributed by atoms with Crippen molar-refractivity contribution < 1.29 is 9.59 Å². The molecule has 1 aromatic heterocycles. The molecule has 2 N–H and O–H groups in total. The Bertz CT molecular complexity index is 1110. The third-order valence-corrected chi connectivity index (χ3v) is 7.68. The highest BCUT2D eigenvalue weighted by Gasteiger charge is 2.45. The number of aromatic nitrogens is 2. The Morgan fingerprint density at radius 1 is 1.17 bits per heavy atom. The maximum absolute atomic E-state index is 14.0. The zero-order valence-corrected chi connectivity index (χ0v) is 21.8. The number of piperazine rings is 1. The van der Waals surface area contributed by atoms with Crippen LogP contribution in [-0.2, 0) is 9.59 Å². The maximum atomic E-state index is 14.0. The Hall–Kier alpha value is -2.91. The summed E-state index contributed by atoms with van der Waals surface area (Å²) in [5.41, 5.74) is 1.86. The van der Waals surface area contributed by atoms with Gasteiger partial charge in [0.15, 0.2) is 11.6 Å². The van der Waals surface area contributed by atoms with Gasteiger partial charge in [-0.15, -0.1) is 0 Å². The van der Waals surface area contributed by atoms with Gasteiger partial charge in [-0.1, -0.05) is 37.6 Å². The second kappa shape index (κ2) is 10.2. The van der Waals surface area contributed by atoms with Crippen molar-refractivity contribution in [1.82, 2.24) is 20.2 Å². The van der Waals surface area contributed by atoms with E-state index in [1.54, 1.807) is 0 Å². The summed E-state index contributed by atoms with van der Waals surface area (Å²) in [5.74, 6) is 1.24. The van der Waals surface area contributed by atoms with E-state index in [4.69, 9.17) is 11.6 Å². The highest BCUT2D eigenvalue weighted by Crippen LogP contribution is 2.40. The smallest absolute Gasteiger partial charge is 0.245 e. The fourth-order valence-electron chi connectivity index (χ4n) is 5.69. The summed E-state index contributed by atoms with van der Waals surface area (Å²) in [6, 6.07) is 8.16. The third-order valence-electron chi connectivity index (χ3n) is 7.43. The minimum atomic E-state index is -0.267. The SMILES string of the molecule is CCN1CC(=O)Nc2ncnc(N3CC4CCC(C3)N4C(=O)[C@H](CNC(C)C)c3ccc(Cl)cc3)c21. The van der Waals surface area contributed by atoms with Crippen LogP contribution in [0.2, 0.25) is 5.02 Å². The molecule has 0 aliphatic carbocycles. The standard InChI is InChI=1S/C26H34ClN7O2/c1-4-32-14-22(35)31-24-23(32)25(30-15-29-24)33-12-19-9-10-20(13-33)34(19)26(36)21(11-28-16(2)3)17-5-7-18(27)8-6-17/h5-8,15-16,19-21,28H,4,9-14H2,1-3H3,(H,29,30,31,35)/t19?,20?,21-/m1/s1. The van der Waals surface area contributed by atoms with Crippen molar-refractivity contribution in [1.29, 1.82) is 0 Å². The minimum Gasteiger partial charge on any atom is -0.356 e. The Morgan fingerprint density at radius 3 is 2.50 bits per heavy atom. The highest BCUT2D eigenvalue weighted by molar-refractivity contribution is 6.30. The van der Waals surface area contributed by atoms with Gasteiger partial charge >= 0.3 is 0 Å². The molecule has 1 aromatic carbocycles. The lowest BCUT2D eigenvalue weighted by molar-refractivity contribution is -0.136. The second-order valence-corrected chi connectivity index (χ2v) is 10.6. The first-order chi connectivity index (χ1) is 17.4. The molecule has 9 nitrogen and oxygen atoms in total. The van der Waals surface area contributed by atoms with Gasteiger partial charge in [0.25, 0.3) is 0 Å². The number of nitrogens with zero attached hydrogens (tertiary/aromatic N) is 5. The van der Waals surface area contributed by atoms with Crippen molar-refractivity contribution >= 4 is 40.7 Å². The third kappa shape index (κ3) is 4.74. The number of hydrogen-bond acceptors (Lipinski definition) is 7. The predicted molar refractivity (Wildman–Crippen MR) is 142 cm³/mol. The van der Waals surface area contributed by atoms with Gasteiger partial charge in [0, 0.05) is 49.3 Å². The maximum Gasteiger partial charge on any atom is 0.245 e. The largest absolute Gasteiger partial charge is 0.356 e. The second-order valence-electron chi connectivity index (χ2n) is 10.2. The summed E-state index contributed by atoms with van der Waals surface area (Å²) in [6.07, 6.45) is 3.46. The van der Waals surface area contributed by atoms with Crippen LogP contribution in [0.1, 0.15) is 45.1 Å². The lowest BCUT2D eigenvalue weighted by Gasteiger charge is -2.44. The number of rotatable bonds is 7. The van der Waals surface area contributed by atoms with Crippen molar-refractivity contribution in [2.45, 2.75) is 57.7 Å². The van der Waals surface area contributed by atoms with E-state index in [2.05, 4.69) is 44.2 Å². The summed E-state index contributed by atoms with van der Waals surface area (Å²) in [4.78, 5) is 41.5. The monoisotopic (exact) mass is 511 g/mol. The van der Waals surface area contributed by atoms with E-state index in [-0.39, 0.29) is 35.9 Å². The summed E-state index contributed by atoms with van der Waals surface area (Å²) >= 11 is 6.13. The van der Waals surface area contributed by atoms with Crippen molar-refractivity contribution in [3.63, 3.8) is 0 Å². The van der Waals surface area contributed by atoms with E-state index in [0.29, 0.717) is 43.6 Å². The van der Waals surface area contributed by atoms with E-state index in [1.165, 1.54) is 6.33 Å². The van der Waals surface area contributed by atoms with Gasteiger partial charge < -0.3 is 25.3 Å². The van der Waals surface area contributed by atoms with Crippen LogP contribution in [0, 0.1) is 0 Å². The predicted octanol–water partition coefficient (Wildman–Crippen LogP) is 2.87. The van der Waals surface area contributed by atoms with Crippen LogP contribution >= 0.6 is 11.6 Å². The molecule has 192 valence electrons. The first-order valence-electron chi connectivity index (χ1n) is 12.8. The number of benzene rings is 1. The molecule has 3 aliphatic rings. The van der Waals surface area contributed by atoms with Crippen LogP contribution in [0.5, 0.6) is 0 Å². The molecule has 2 saturated heterocycles. The molecule has 2 aromatic rings. The van der Waals surface area contributed by atoms with Gasteiger partial charge in [0.1, 0.15) is 12.0 Å². The molecule has 2 unspecified atom stereocenters. The zero-order valence-electron chi connectivity index (χ0n) is 21.1. The van der Waals surface area contributed by atoms with Crippen LogP contribution < -0.4 is 20.4 Å². The quantitative estimate of drug-likeness (QED) is 0.590. The molecule has 10 heteroatoms. The first kappa shape index (κ1) is 24.8. The molecule has 2 fully saturated rings. The number of amides is 2. The number of hydrogen-bond donors (Lipinski definition) is 2. The van der Waals surface area contributed by atoms with Gasteiger partial charge in [0.05, 0.1) is 12.5 Å². The normalized spacial score (nSPS) is 22.0. The highest BCUT2D eigenvalue weighted by atomic mass is 35.5. The molecule has 2 bridgehead atoms. The fourth-order valence-corrected chi connectivity index (χ4v) is 5.82. The fraction of sp³-hybridized carbons (Fsp3) is 0.538. The van der Waals surface area contributed by atoms with Gasteiger partial charge in [0.2, 0.25) is 11.8 Å². The first-order valence-corrected chi connectivity index (χ1v) is 13.2. The van der Waals surface area contributed by atoms with Gasteiger partial charge in [-0.05, 0) is 37.5 Å². The Morgan fingerprint density at radius 2 is 1.86 bits per heavy atom. The van der Waals surface area contributed by atoms with Gasteiger partial charge in [-0.25, -0.2) is 9.97 Å². The molecular weight excluding hydrogens is 478 g/mol. The molecule has 0 saturated carbocycles. The number of carbonyl (C=O) groups excluding carboxylic acids is 2. The molecule has 36 heavy (non-hydrogen) atoms. The Labute approximate surface area is 217 Å². The van der Waals surface area contributed by atoms with Crippen LogP contribution in [0.25, 0.3) is 0 Å². The molecule has 2 amide bonds.